The molecule has 2 unspecified atom stereocenters. The van der Waals surface area contributed by atoms with Gasteiger partial charge in [0.25, 0.3) is 0 Å². The molecule has 3 nitrogen and oxygen atoms in total. The molecule has 1 aromatic heterocycles. The highest BCUT2D eigenvalue weighted by Crippen LogP contribution is 2.24. The van der Waals surface area contributed by atoms with Gasteiger partial charge in [-0.15, -0.1) is 11.3 Å². The molecule has 1 saturated heterocycles. The highest BCUT2D eigenvalue weighted by atomic mass is 32.1. The first-order valence-electron chi connectivity index (χ1n) is 5.62. The van der Waals surface area contributed by atoms with Crippen molar-refractivity contribution in [2.45, 2.75) is 32.4 Å². The Morgan fingerprint density at radius 3 is 3.20 bits per heavy atom. The first-order chi connectivity index (χ1) is 7.31. The van der Waals surface area contributed by atoms with Gasteiger partial charge in [0.15, 0.2) is 0 Å². The standard InChI is InChI=1S/C11H19N3S/c1-9-3-2-4-14(11(9)5-12)6-10-7-15-8-13-10/h7-9,11H,2-6,12H2,1H3. The minimum Gasteiger partial charge on any atom is -0.329 e. The Balaban J connectivity index is 2.00. The van der Waals surface area contributed by atoms with Crippen molar-refractivity contribution in [3.05, 3.63) is 16.6 Å². The van der Waals surface area contributed by atoms with E-state index in [0.717, 1.165) is 19.0 Å². The molecule has 1 aliphatic heterocycles. The molecule has 2 atom stereocenters. The third kappa shape index (κ3) is 2.56. The number of nitrogens with zero attached hydrogens (tertiary/aromatic N) is 2. The zero-order valence-electron chi connectivity index (χ0n) is 9.22. The van der Waals surface area contributed by atoms with Gasteiger partial charge >= 0.3 is 0 Å². The van der Waals surface area contributed by atoms with Crippen LogP contribution in [-0.2, 0) is 6.54 Å². The first-order valence-corrected chi connectivity index (χ1v) is 6.56. The summed E-state index contributed by atoms with van der Waals surface area (Å²) in [5.41, 5.74) is 8.94. The number of likely N-dealkylation sites (tertiary alicyclic amines) is 1. The predicted octanol–water partition coefficient (Wildman–Crippen LogP) is 1.70. The van der Waals surface area contributed by atoms with E-state index in [2.05, 4.69) is 22.2 Å². The third-order valence-corrected chi connectivity index (χ3v) is 3.96. The number of aromatic nitrogens is 1. The fraction of sp³-hybridized carbons (Fsp3) is 0.727. The average molecular weight is 225 g/mol. The molecule has 2 rings (SSSR count). The summed E-state index contributed by atoms with van der Waals surface area (Å²) in [6.45, 7) is 5.22. The zero-order valence-corrected chi connectivity index (χ0v) is 10.0. The number of thiazole rings is 1. The molecule has 0 radical (unpaired) electrons. The quantitative estimate of drug-likeness (QED) is 0.851. The molecule has 0 saturated carbocycles. The van der Waals surface area contributed by atoms with E-state index < -0.39 is 0 Å². The summed E-state index contributed by atoms with van der Waals surface area (Å²) in [6, 6.07) is 0.542. The second-order valence-electron chi connectivity index (χ2n) is 4.37. The topological polar surface area (TPSA) is 42.2 Å². The van der Waals surface area contributed by atoms with Crippen LogP contribution < -0.4 is 5.73 Å². The van der Waals surface area contributed by atoms with Crippen LogP contribution in [0.15, 0.2) is 10.9 Å². The van der Waals surface area contributed by atoms with Crippen molar-refractivity contribution in [3.8, 4) is 0 Å². The Morgan fingerprint density at radius 1 is 1.67 bits per heavy atom. The molecule has 0 aromatic carbocycles. The van der Waals surface area contributed by atoms with Gasteiger partial charge < -0.3 is 5.73 Å². The molecule has 15 heavy (non-hydrogen) atoms. The van der Waals surface area contributed by atoms with Gasteiger partial charge in [0.05, 0.1) is 11.2 Å². The maximum Gasteiger partial charge on any atom is 0.0795 e. The molecule has 1 aliphatic rings. The number of hydrogen-bond donors (Lipinski definition) is 1. The molecular formula is C11H19N3S. The zero-order chi connectivity index (χ0) is 10.7. The van der Waals surface area contributed by atoms with Crippen LogP contribution in [0.1, 0.15) is 25.5 Å². The Morgan fingerprint density at radius 2 is 2.53 bits per heavy atom. The SMILES string of the molecule is CC1CCCN(Cc2cscn2)C1CN. The van der Waals surface area contributed by atoms with E-state index in [1.807, 2.05) is 5.51 Å². The molecule has 0 bridgehead atoms. The third-order valence-electron chi connectivity index (χ3n) is 3.32. The fourth-order valence-electron chi connectivity index (χ4n) is 2.44. The molecule has 0 amide bonds. The summed E-state index contributed by atoms with van der Waals surface area (Å²) < 4.78 is 0. The van der Waals surface area contributed by atoms with E-state index in [0.29, 0.717) is 6.04 Å². The van der Waals surface area contributed by atoms with E-state index in [1.165, 1.54) is 25.1 Å². The summed E-state index contributed by atoms with van der Waals surface area (Å²) in [5.74, 6) is 0.724. The van der Waals surface area contributed by atoms with Crippen molar-refractivity contribution in [2.24, 2.45) is 11.7 Å². The van der Waals surface area contributed by atoms with E-state index >= 15 is 0 Å². The van der Waals surface area contributed by atoms with Gasteiger partial charge in [-0.3, -0.25) is 4.90 Å². The van der Waals surface area contributed by atoms with Crippen molar-refractivity contribution in [2.75, 3.05) is 13.1 Å². The van der Waals surface area contributed by atoms with Crippen LogP contribution in [0.3, 0.4) is 0 Å². The lowest BCUT2D eigenvalue weighted by Gasteiger charge is -2.39. The summed E-state index contributed by atoms with van der Waals surface area (Å²) in [6.07, 6.45) is 2.61. The van der Waals surface area contributed by atoms with Crippen LogP contribution in [-0.4, -0.2) is 29.0 Å². The fourth-order valence-corrected chi connectivity index (χ4v) is 2.99. The first kappa shape index (κ1) is 11.0. The van der Waals surface area contributed by atoms with Crippen molar-refractivity contribution in [1.29, 1.82) is 0 Å². The van der Waals surface area contributed by atoms with Crippen molar-refractivity contribution in [1.82, 2.24) is 9.88 Å². The van der Waals surface area contributed by atoms with Gasteiger partial charge in [0.1, 0.15) is 0 Å². The Labute approximate surface area is 95.3 Å². The van der Waals surface area contributed by atoms with E-state index in [4.69, 9.17) is 5.73 Å². The number of rotatable bonds is 3. The van der Waals surface area contributed by atoms with Gasteiger partial charge in [-0.05, 0) is 25.3 Å². The van der Waals surface area contributed by atoms with Gasteiger partial charge in [-0.2, -0.15) is 0 Å². The van der Waals surface area contributed by atoms with E-state index in [9.17, 15) is 0 Å². The molecule has 0 aliphatic carbocycles. The maximum atomic E-state index is 5.85. The van der Waals surface area contributed by atoms with Crippen LogP contribution in [0.4, 0.5) is 0 Å². The Hall–Kier alpha value is -0.450. The molecule has 0 spiro atoms. The van der Waals surface area contributed by atoms with Crippen LogP contribution in [0.25, 0.3) is 0 Å². The van der Waals surface area contributed by atoms with Crippen LogP contribution in [0.2, 0.25) is 0 Å². The van der Waals surface area contributed by atoms with E-state index in [1.54, 1.807) is 11.3 Å². The number of hydrogen-bond acceptors (Lipinski definition) is 4. The lowest BCUT2D eigenvalue weighted by atomic mass is 9.91. The van der Waals surface area contributed by atoms with Crippen LogP contribution in [0.5, 0.6) is 0 Å². The largest absolute Gasteiger partial charge is 0.329 e. The van der Waals surface area contributed by atoms with Crippen molar-refractivity contribution >= 4 is 11.3 Å². The molecule has 2 heterocycles. The minimum absolute atomic E-state index is 0.542. The second kappa shape index (κ2) is 5.05. The second-order valence-corrected chi connectivity index (χ2v) is 5.09. The van der Waals surface area contributed by atoms with Crippen molar-refractivity contribution in [3.63, 3.8) is 0 Å². The molecule has 1 aromatic rings. The smallest absolute Gasteiger partial charge is 0.0795 e. The summed E-state index contributed by atoms with van der Waals surface area (Å²) >= 11 is 1.67. The van der Waals surface area contributed by atoms with Crippen LogP contribution >= 0.6 is 11.3 Å². The summed E-state index contributed by atoms with van der Waals surface area (Å²) in [5, 5.41) is 2.13. The lowest BCUT2D eigenvalue weighted by Crippen LogP contribution is -2.48. The summed E-state index contributed by atoms with van der Waals surface area (Å²) in [7, 11) is 0. The Bertz CT molecular complexity index is 286. The van der Waals surface area contributed by atoms with E-state index in [-0.39, 0.29) is 0 Å². The number of piperidine rings is 1. The average Bonchev–Trinajstić information content (AvgIpc) is 2.71. The Kier molecular flexibility index (Phi) is 3.72. The van der Waals surface area contributed by atoms with Gasteiger partial charge in [-0.1, -0.05) is 6.92 Å². The van der Waals surface area contributed by atoms with Crippen LogP contribution in [0, 0.1) is 5.92 Å². The lowest BCUT2D eigenvalue weighted by molar-refractivity contribution is 0.0980. The van der Waals surface area contributed by atoms with Crippen molar-refractivity contribution < 1.29 is 0 Å². The highest BCUT2D eigenvalue weighted by Gasteiger charge is 2.27. The van der Waals surface area contributed by atoms with Gasteiger partial charge in [-0.25, -0.2) is 4.98 Å². The number of nitrogens with two attached hydrogens (primary N) is 1. The predicted molar refractivity (Wildman–Crippen MR) is 63.8 cm³/mol. The van der Waals surface area contributed by atoms with Gasteiger partial charge in [0, 0.05) is 24.5 Å². The molecular weight excluding hydrogens is 206 g/mol. The normalized spacial score (nSPS) is 28.1. The maximum absolute atomic E-state index is 5.85. The molecule has 2 N–H and O–H groups in total. The summed E-state index contributed by atoms with van der Waals surface area (Å²) in [4.78, 5) is 6.83. The minimum atomic E-state index is 0.542. The molecule has 4 heteroatoms. The molecule has 84 valence electrons. The molecule has 1 fully saturated rings. The highest BCUT2D eigenvalue weighted by molar-refractivity contribution is 7.07. The monoisotopic (exact) mass is 225 g/mol. The van der Waals surface area contributed by atoms with Gasteiger partial charge in [0.2, 0.25) is 0 Å².